The molecule has 1 atom stereocenters. The summed E-state index contributed by atoms with van der Waals surface area (Å²) in [7, 11) is -3.78. The molecule has 0 bridgehead atoms. The minimum atomic E-state index is -3.78. The summed E-state index contributed by atoms with van der Waals surface area (Å²) in [5.41, 5.74) is 2.24. The lowest BCUT2D eigenvalue weighted by molar-refractivity contribution is -0.140. The van der Waals surface area contributed by atoms with Crippen molar-refractivity contribution in [2.24, 2.45) is 0 Å². The number of benzene rings is 2. The third-order valence-corrected chi connectivity index (χ3v) is 6.51. The van der Waals surface area contributed by atoms with Crippen LogP contribution in [0.1, 0.15) is 45.2 Å². The summed E-state index contributed by atoms with van der Waals surface area (Å²) in [5.74, 6) is -0.124. The van der Waals surface area contributed by atoms with Crippen molar-refractivity contribution in [2.45, 2.75) is 59.7 Å². The number of carbonyl (C=O) groups is 2. The number of carbonyl (C=O) groups excluding carboxylic acids is 2. The van der Waals surface area contributed by atoms with Gasteiger partial charge >= 0.3 is 0 Å². The highest BCUT2D eigenvalue weighted by Gasteiger charge is 2.32. The van der Waals surface area contributed by atoms with E-state index in [2.05, 4.69) is 5.32 Å². The Labute approximate surface area is 209 Å². The molecule has 0 radical (unpaired) electrons. The SMILES string of the molecule is CCOc1ccc(N(CC(=O)N(Cc2cccc(C)c2)[C@@H](CC)C(=O)NC(C)C)S(C)(=O)=O)cc1. The molecular weight excluding hydrogens is 466 g/mol. The Bertz CT molecular complexity index is 1100. The monoisotopic (exact) mass is 503 g/mol. The molecule has 0 saturated carbocycles. The van der Waals surface area contributed by atoms with E-state index in [1.54, 1.807) is 24.3 Å². The molecule has 0 saturated heterocycles. The van der Waals surface area contributed by atoms with Crippen LogP contribution in [0, 0.1) is 6.92 Å². The zero-order valence-corrected chi connectivity index (χ0v) is 22.3. The maximum absolute atomic E-state index is 13.6. The number of hydrogen-bond acceptors (Lipinski definition) is 5. The summed E-state index contributed by atoms with van der Waals surface area (Å²) in [4.78, 5) is 28.1. The summed E-state index contributed by atoms with van der Waals surface area (Å²) in [6, 6.07) is 13.4. The average molecular weight is 504 g/mol. The van der Waals surface area contributed by atoms with E-state index in [4.69, 9.17) is 4.74 Å². The first kappa shape index (κ1) is 28.2. The number of aryl methyl sites for hydroxylation is 1. The van der Waals surface area contributed by atoms with Gasteiger partial charge in [-0.15, -0.1) is 0 Å². The van der Waals surface area contributed by atoms with E-state index >= 15 is 0 Å². The average Bonchev–Trinajstić information content (AvgIpc) is 2.77. The van der Waals surface area contributed by atoms with Crippen molar-refractivity contribution >= 4 is 27.5 Å². The molecule has 9 heteroatoms. The Morgan fingerprint density at radius 1 is 1.06 bits per heavy atom. The molecule has 2 aromatic carbocycles. The highest BCUT2D eigenvalue weighted by atomic mass is 32.2. The molecule has 0 aliphatic rings. The Morgan fingerprint density at radius 3 is 2.23 bits per heavy atom. The van der Waals surface area contributed by atoms with E-state index in [1.165, 1.54) is 4.90 Å². The molecule has 1 N–H and O–H groups in total. The van der Waals surface area contributed by atoms with E-state index in [0.717, 1.165) is 21.7 Å². The second-order valence-electron chi connectivity index (χ2n) is 8.79. The first-order valence-electron chi connectivity index (χ1n) is 11.8. The van der Waals surface area contributed by atoms with E-state index in [-0.39, 0.29) is 18.5 Å². The maximum atomic E-state index is 13.6. The largest absolute Gasteiger partial charge is 0.494 e. The van der Waals surface area contributed by atoms with E-state index in [9.17, 15) is 18.0 Å². The number of sulfonamides is 1. The lowest BCUT2D eigenvalue weighted by Crippen LogP contribution is -2.53. The van der Waals surface area contributed by atoms with Crippen molar-refractivity contribution in [1.29, 1.82) is 0 Å². The molecule has 35 heavy (non-hydrogen) atoms. The molecule has 0 heterocycles. The molecule has 0 unspecified atom stereocenters. The normalized spacial score (nSPS) is 12.2. The number of nitrogens with zero attached hydrogens (tertiary/aromatic N) is 2. The van der Waals surface area contributed by atoms with Gasteiger partial charge in [-0.25, -0.2) is 8.42 Å². The van der Waals surface area contributed by atoms with Gasteiger partial charge in [-0.05, 0) is 63.9 Å². The summed E-state index contributed by atoms with van der Waals surface area (Å²) < 4.78 is 31.8. The molecule has 0 spiro atoms. The fraction of sp³-hybridized carbons (Fsp3) is 0.462. The molecule has 0 aromatic heterocycles. The molecule has 2 amide bonds. The molecule has 0 aliphatic heterocycles. The second-order valence-corrected chi connectivity index (χ2v) is 10.7. The number of anilines is 1. The molecular formula is C26H37N3O5S. The zero-order valence-electron chi connectivity index (χ0n) is 21.4. The van der Waals surface area contributed by atoms with E-state index in [1.807, 2.05) is 58.9 Å². The van der Waals surface area contributed by atoms with Gasteiger partial charge in [0.05, 0.1) is 18.6 Å². The van der Waals surface area contributed by atoms with Gasteiger partial charge in [0.2, 0.25) is 21.8 Å². The van der Waals surface area contributed by atoms with E-state index < -0.39 is 28.5 Å². The van der Waals surface area contributed by atoms with Crippen LogP contribution in [0.3, 0.4) is 0 Å². The van der Waals surface area contributed by atoms with Crippen molar-refractivity contribution < 1.29 is 22.7 Å². The molecule has 192 valence electrons. The van der Waals surface area contributed by atoms with E-state index in [0.29, 0.717) is 24.5 Å². The molecule has 2 aromatic rings. The van der Waals surface area contributed by atoms with Gasteiger partial charge in [-0.1, -0.05) is 36.8 Å². The molecule has 2 rings (SSSR count). The summed E-state index contributed by atoms with van der Waals surface area (Å²) in [5, 5.41) is 2.88. The Kier molecular flexibility index (Phi) is 10.1. The van der Waals surface area contributed by atoms with Crippen LogP contribution in [0.4, 0.5) is 5.69 Å². The topological polar surface area (TPSA) is 96.0 Å². The van der Waals surface area contributed by atoms with Crippen molar-refractivity contribution in [3.8, 4) is 5.75 Å². The van der Waals surface area contributed by atoms with Gasteiger partial charge in [0.15, 0.2) is 0 Å². The fourth-order valence-corrected chi connectivity index (χ4v) is 4.65. The Balaban J connectivity index is 2.42. The zero-order chi connectivity index (χ0) is 26.2. The molecule has 0 aliphatic carbocycles. The van der Waals surface area contributed by atoms with Crippen molar-refractivity contribution in [2.75, 3.05) is 23.7 Å². The number of rotatable bonds is 12. The van der Waals surface area contributed by atoms with Gasteiger partial charge in [0, 0.05) is 12.6 Å². The third kappa shape index (κ3) is 8.28. The summed E-state index contributed by atoms with van der Waals surface area (Å²) >= 11 is 0. The first-order valence-corrected chi connectivity index (χ1v) is 13.7. The minimum absolute atomic E-state index is 0.0937. The fourth-order valence-electron chi connectivity index (χ4n) is 3.80. The van der Waals surface area contributed by atoms with Crippen LogP contribution in [-0.4, -0.2) is 56.6 Å². The van der Waals surface area contributed by atoms with Gasteiger partial charge in [0.1, 0.15) is 18.3 Å². The van der Waals surface area contributed by atoms with Crippen LogP contribution in [0.5, 0.6) is 5.75 Å². The lowest BCUT2D eigenvalue weighted by Gasteiger charge is -2.33. The Morgan fingerprint density at radius 2 is 1.71 bits per heavy atom. The third-order valence-electron chi connectivity index (χ3n) is 5.37. The predicted octanol–water partition coefficient (Wildman–Crippen LogP) is 3.49. The standard InChI is InChI=1S/C26H37N3O5S/c1-7-24(26(31)27-19(3)4)28(17-21-11-9-10-20(5)16-21)25(30)18-29(35(6,32)33)22-12-14-23(15-13-22)34-8-2/h9-16,19,24H,7-8,17-18H2,1-6H3,(H,27,31)/t24-/m0/s1. The molecule has 0 fully saturated rings. The van der Waals surface area contributed by atoms with Gasteiger partial charge < -0.3 is 15.0 Å². The highest BCUT2D eigenvalue weighted by Crippen LogP contribution is 2.23. The Hall–Kier alpha value is -3.07. The number of amides is 2. The lowest BCUT2D eigenvalue weighted by atomic mass is 10.1. The predicted molar refractivity (Wildman–Crippen MR) is 139 cm³/mol. The van der Waals surface area contributed by atoms with Crippen molar-refractivity contribution in [1.82, 2.24) is 10.2 Å². The number of nitrogens with one attached hydrogen (secondary N) is 1. The van der Waals surface area contributed by atoms with Crippen LogP contribution in [0.25, 0.3) is 0 Å². The number of ether oxygens (including phenoxy) is 1. The smallest absolute Gasteiger partial charge is 0.244 e. The molecule has 8 nitrogen and oxygen atoms in total. The van der Waals surface area contributed by atoms with Crippen LogP contribution >= 0.6 is 0 Å². The highest BCUT2D eigenvalue weighted by molar-refractivity contribution is 7.92. The first-order chi connectivity index (χ1) is 16.5. The van der Waals surface area contributed by atoms with Crippen LogP contribution in [-0.2, 0) is 26.2 Å². The van der Waals surface area contributed by atoms with Crippen molar-refractivity contribution in [3.05, 3.63) is 59.7 Å². The second kappa shape index (κ2) is 12.6. The van der Waals surface area contributed by atoms with Crippen LogP contribution in [0.2, 0.25) is 0 Å². The number of hydrogen-bond donors (Lipinski definition) is 1. The van der Waals surface area contributed by atoms with Crippen LogP contribution in [0.15, 0.2) is 48.5 Å². The van der Waals surface area contributed by atoms with Gasteiger partial charge in [-0.3, -0.25) is 13.9 Å². The summed E-state index contributed by atoms with van der Waals surface area (Å²) in [6.45, 7) is 9.60. The maximum Gasteiger partial charge on any atom is 0.244 e. The van der Waals surface area contributed by atoms with Crippen LogP contribution < -0.4 is 14.4 Å². The van der Waals surface area contributed by atoms with Gasteiger partial charge in [-0.2, -0.15) is 0 Å². The minimum Gasteiger partial charge on any atom is -0.494 e. The van der Waals surface area contributed by atoms with Gasteiger partial charge in [0.25, 0.3) is 0 Å². The van der Waals surface area contributed by atoms with Crippen molar-refractivity contribution in [3.63, 3.8) is 0 Å². The quantitative estimate of drug-likeness (QED) is 0.478. The summed E-state index contributed by atoms with van der Waals surface area (Å²) in [6.07, 6.45) is 1.45.